The van der Waals surface area contributed by atoms with E-state index in [1.807, 2.05) is 39.8 Å². The van der Waals surface area contributed by atoms with E-state index in [9.17, 15) is 43.5 Å². The van der Waals surface area contributed by atoms with Gasteiger partial charge in [-0.05, 0) is 93.7 Å². The van der Waals surface area contributed by atoms with Crippen LogP contribution in [0.2, 0.25) is 0 Å². The number of urea groups is 1. The number of nitrogens with one attached hydrogen (secondary N) is 3. The Balaban J connectivity index is 0.00000185. The summed E-state index contributed by atoms with van der Waals surface area (Å²) in [5.41, 5.74) is 12.9. The molecule has 25 nitrogen and oxygen atoms in total. The molecule has 0 radical (unpaired) electrons. The predicted octanol–water partition coefficient (Wildman–Crippen LogP) is 7.80. The molecule has 4 aliphatic rings. The molecule has 26 heteroatoms. The zero-order chi connectivity index (χ0) is 67.3. The van der Waals surface area contributed by atoms with Crippen LogP contribution in [0.5, 0.6) is 23.0 Å². The maximum Gasteiger partial charge on any atom is 0.416 e. The number of benzene rings is 3. The summed E-state index contributed by atoms with van der Waals surface area (Å²) in [5, 5.41) is 19.4. The average Bonchev–Trinajstić information content (AvgIpc) is 1.69. The molecule has 498 valence electrons. The van der Waals surface area contributed by atoms with Crippen molar-refractivity contribution in [1.29, 1.82) is 0 Å². The van der Waals surface area contributed by atoms with Crippen LogP contribution in [-0.2, 0) is 40.1 Å². The number of nitrogens with two attached hydrogens (primary N) is 2. The van der Waals surface area contributed by atoms with Gasteiger partial charge in [0.05, 0.1) is 68.2 Å². The van der Waals surface area contributed by atoms with Gasteiger partial charge in [-0.3, -0.25) is 43.5 Å². The minimum Gasteiger partial charge on any atom is -0.493 e. The second-order valence-electron chi connectivity index (χ2n) is 21.8. The molecule has 0 aromatic heterocycles. The van der Waals surface area contributed by atoms with Crippen LogP contribution < -0.4 is 51.3 Å². The summed E-state index contributed by atoms with van der Waals surface area (Å²) in [5.74, 6) is -0.763. The van der Waals surface area contributed by atoms with Crippen molar-refractivity contribution in [2.75, 3.05) is 63.8 Å². The Hall–Kier alpha value is -8.65. The topological polar surface area (TPSA) is 333 Å². The molecular formula is C65H92N10O15S. The number of carbonyl (C=O) groups excluding carboxylic acids is 9. The number of aliphatic hydroxyl groups is 1. The highest BCUT2D eigenvalue weighted by Crippen LogP contribution is 2.42. The van der Waals surface area contributed by atoms with E-state index in [4.69, 9.17) is 28.5 Å². The summed E-state index contributed by atoms with van der Waals surface area (Å²) in [6.07, 6.45) is 7.03. The molecule has 10 amide bonds. The van der Waals surface area contributed by atoms with Crippen LogP contribution in [0.25, 0.3) is 0 Å². The Morgan fingerprint density at radius 2 is 1.44 bits per heavy atom. The molecule has 4 aliphatic heterocycles. The number of carbonyl (C=O) groups is 9. The van der Waals surface area contributed by atoms with Crippen molar-refractivity contribution in [3.8, 4) is 23.0 Å². The number of primary amides is 2. The second-order valence-corrected chi connectivity index (χ2v) is 22.5. The largest absolute Gasteiger partial charge is 0.493 e. The van der Waals surface area contributed by atoms with Crippen molar-refractivity contribution in [3.05, 3.63) is 89.5 Å². The van der Waals surface area contributed by atoms with Crippen LogP contribution >= 0.6 is 12.6 Å². The lowest BCUT2D eigenvalue weighted by molar-refractivity contribution is -0.138. The van der Waals surface area contributed by atoms with Gasteiger partial charge in [-0.15, -0.1) is 0 Å². The normalized spacial score (nSPS) is 17.6. The first-order valence-corrected chi connectivity index (χ1v) is 31.3. The number of methoxy groups -OCH3 is 2. The number of nitrogens with zero attached hydrogens (tertiary/aromatic N) is 5. The first kappa shape index (κ1) is 74.8. The maximum absolute atomic E-state index is 14.2. The van der Waals surface area contributed by atoms with Gasteiger partial charge in [-0.1, -0.05) is 90.3 Å². The number of aryl methyl sites for hydroxylation is 1. The van der Waals surface area contributed by atoms with Crippen LogP contribution in [0.1, 0.15) is 140 Å². The zero-order valence-corrected chi connectivity index (χ0v) is 54.6. The van der Waals surface area contributed by atoms with E-state index in [0.29, 0.717) is 105 Å². The van der Waals surface area contributed by atoms with Gasteiger partial charge in [-0.25, -0.2) is 14.5 Å². The highest BCUT2D eigenvalue weighted by atomic mass is 32.1. The molecule has 5 unspecified atom stereocenters. The maximum atomic E-state index is 14.2. The van der Waals surface area contributed by atoms with Crippen LogP contribution in [-0.4, -0.2) is 163 Å². The lowest BCUT2D eigenvalue weighted by Crippen LogP contribution is -2.50. The number of aliphatic hydroxyl groups excluding tert-OH is 1. The first-order valence-electron chi connectivity index (χ1n) is 30.8. The Morgan fingerprint density at radius 1 is 0.824 bits per heavy atom. The van der Waals surface area contributed by atoms with E-state index in [-0.39, 0.29) is 98.6 Å². The molecule has 3 fully saturated rings. The van der Waals surface area contributed by atoms with E-state index in [0.717, 1.165) is 22.4 Å². The van der Waals surface area contributed by atoms with Crippen molar-refractivity contribution < 1.29 is 71.9 Å². The lowest BCUT2D eigenvalue weighted by atomic mass is 10.1. The number of amides is 10. The molecule has 4 heterocycles. The first-order chi connectivity index (χ1) is 43.6. The lowest BCUT2D eigenvalue weighted by Gasteiger charge is -2.31. The van der Waals surface area contributed by atoms with Gasteiger partial charge in [0.2, 0.25) is 35.9 Å². The number of ether oxygens (including phenoxy) is 5. The van der Waals surface area contributed by atoms with Crippen LogP contribution in [0, 0.1) is 6.92 Å². The molecule has 0 bridgehead atoms. The summed E-state index contributed by atoms with van der Waals surface area (Å²) in [7, 11) is 3.01. The number of unbranched alkanes of at least 4 members (excludes halogenated alkanes) is 4. The van der Waals surface area contributed by atoms with Crippen molar-refractivity contribution in [2.24, 2.45) is 16.5 Å². The fourth-order valence-corrected chi connectivity index (χ4v) is 10.4. The summed E-state index contributed by atoms with van der Waals surface area (Å²) < 4.78 is 29.5. The molecular weight excluding hydrogens is 1190 g/mol. The molecule has 0 aliphatic carbocycles. The molecule has 91 heavy (non-hydrogen) atoms. The number of hydrogen-bond donors (Lipinski definition) is 7. The Bertz CT molecular complexity index is 3050. The fourth-order valence-electron chi connectivity index (χ4n) is 10.1. The van der Waals surface area contributed by atoms with Gasteiger partial charge in [0.15, 0.2) is 29.2 Å². The van der Waals surface area contributed by atoms with Crippen LogP contribution in [0.3, 0.4) is 0 Å². The van der Waals surface area contributed by atoms with Crippen LogP contribution in [0.15, 0.2) is 77.8 Å². The van der Waals surface area contributed by atoms with Gasteiger partial charge in [0.25, 0.3) is 5.91 Å². The van der Waals surface area contributed by atoms with E-state index in [1.165, 1.54) is 35.5 Å². The average molecular weight is 1290 g/mol. The quantitative estimate of drug-likeness (QED) is 0.00910. The molecule has 0 saturated carbocycles. The number of imide groups is 1. The van der Waals surface area contributed by atoms with E-state index in [1.54, 1.807) is 42.5 Å². The van der Waals surface area contributed by atoms with Crippen molar-refractivity contribution in [2.45, 2.75) is 161 Å². The molecule has 5 atom stereocenters. The SMILES string of the molecule is C=C1CC(C=Nc2cc(OCCCCCOc3cc4c(cc3OC)C(=O)N3CC(=C)CC3C(O)N4C(=O)OCc3ccc(NC(=O)C(CCC)NC(=O)CNC(=O)CCCCCN4C(=O)CC(S)C4=O)cc3)c(OC)cc2C)N(C=O)C1.CC.CCC.NC(N)=O. The van der Waals surface area contributed by atoms with Crippen molar-refractivity contribution in [1.82, 2.24) is 25.3 Å². The highest BCUT2D eigenvalue weighted by molar-refractivity contribution is 7.81. The summed E-state index contributed by atoms with van der Waals surface area (Å²) in [6, 6.07) is 10.5. The number of anilines is 2. The highest BCUT2D eigenvalue weighted by Gasteiger charge is 2.46. The second kappa shape index (κ2) is 38.1. The number of likely N-dealkylation sites (tertiary alicyclic amines) is 2. The summed E-state index contributed by atoms with van der Waals surface area (Å²) in [4.78, 5) is 122. The minimum absolute atomic E-state index is 0.0683. The predicted molar refractivity (Wildman–Crippen MR) is 350 cm³/mol. The monoisotopic (exact) mass is 1280 g/mol. The van der Waals surface area contributed by atoms with E-state index in [2.05, 4.69) is 72.0 Å². The number of aliphatic imine (C=N–C) groups is 1. The van der Waals surface area contributed by atoms with Gasteiger partial charge in [0, 0.05) is 56.5 Å². The summed E-state index contributed by atoms with van der Waals surface area (Å²) >= 11 is 4.12. The van der Waals surface area contributed by atoms with Gasteiger partial charge in [-0.2, -0.15) is 12.6 Å². The molecule has 8 N–H and O–H groups in total. The number of fused-ring (bicyclic) bond motifs is 2. The minimum atomic E-state index is -1.52. The fraction of sp³-hybridized carbons (Fsp3) is 0.508. The van der Waals surface area contributed by atoms with Gasteiger partial charge < -0.3 is 66.0 Å². The molecule has 7 rings (SSSR count). The third kappa shape index (κ3) is 22.4. The third-order valence-electron chi connectivity index (χ3n) is 14.5. The molecule has 3 aromatic rings. The van der Waals surface area contributed by atoms with E-state index < -0.39 is 53.4 Å². The Morgan fingerprint density at radius 3 is 2.04 bits per heavy atom. The van der Waals surface area contributed by atoms with Crippen LogP contribution in [0.4, 0.5) is 26.7 Å². The number of thiol groups is 1. The smallest absolute Gasteiger partial charge is 0.416 e. The van der Waals surface area contributed by atoms with Crippen molar-refractivity contribution >= 4 is 89.9 Å². The number of rotatable bonds is 28. The molecule has 3 saturated heterocycles. The molecule has 0 spiro atoms. The van der Waals surface area contributed by atoms with Gasteiger partial charge >= 0.3 is 12.1 Å². The Labute approximate surface area is 539 Å². The number of hydrogen-bond acceptors (Lipinski definition) is 17. The van der Waals surface area contributed by atoms with E-state index >= 15 is 0 Å². The standard InChI is InChI=1S/C59H74N8O14S.C3H8.C2H6.CH4N2O/c1-7-14-43(63-53(70)31-61-52(69)15-10-8-11-20-65-54(71)29-51(82)58(65)75)55(72)62-40-18-16-39(17-19-40)34-81-59(76)67-45-28-50(48(78-6)26-42(45)56(73)66-33-37(3)24-46(66)57(67)74)80-22-13-9-12-21-79-49-27-44(38(4)25-47(49)77-5)60-30-41-23-36(2)32-64(41)35-68;1-3-2;1-2;2-1(3)4/h16-19,25-28,30,35,41,43,46,51,57,74,82H,2-3,7-15,20-24,29,31-34H2,1,4-6H3,(H,61,69)(H,62,72)(H,63,70);3H2,1-2H3;1-2H3;(H4,2,3,4). The molecule has 3 aromatic carbocycles. The van der Waals surface area contributed by atoms with Gasteiger partial charge in [0.1, 0.15) is 12.6 Å². The zero-order valence-electron chi connectivity index (χ0n) is 53.7. The third-order valence-corrected chi connectivity index (χ3v) is 14.9. The Kier molecular flexibility index (Phi) is 31.4. The van der Waals surface area contributed by atoms with Crippen molar-refractivity contribution in [3.63, 3.8) is 0 Å². The summed E-state index contributed by atoms with van der Waals surface area (Å²) in [6.45, 7) is 21.1.